The van der Waals surface area contributed by atoms with E-state index >= 15 is 0 Å². The van der Waals surface area contributed by atoms with Crippen LogP contribution in [0.15, 0.2) is 6.33 Å². The third-order valence-corrected chi connectivity index (χ3v) is 2.39. The van der Waals surface area contributed by atoms with E-state index in [2.05, 4.69) is 20.7 Å². The van der Waals surface area contributed by atoms with Crippen molar-refractivity contribution in [3.8, 4) is 0 Å². The Morgan fingerprint density at radius 1 is 1.53 bits per heavy atom. The van der Waals surface area contributed by atoms with Crippen LogP contribution in [0, 0.1) is 0 Å². The van der Waals surface area contributed by atoms with E-state index in [9.17, 15) is 4.79 Å². The van der Waals surface area contributed by atoms with Crippen molar-refractivity contribution in [3.05, 3.63) is 12.2 Å². The lowest BCUT2D eigenvalue weighted by molar-refractivity contribution is -0.122. The summed E-state index contributed by atoms with van der Waals surface area (Å²) in [4.78, 5) is 15.7. The predicted octanol–water partition coefficient (Wildman–Crippen LogP) is -0.138. The highest BCUT2D eigenvalue weighted by Crippen LogP contribution is 1.90. The summed E-state index contributed by atoms with van der Waals surface area (Å²) in [6.45, 7) is 5.32. The van der Waals surface area contributed by atoms with E-state index in [1.807, 2.05) is 20.9 Å². The highest BCUT2D eigenvalue weighted by Gasteiger charge is 2.10. The van der Waals surface area contributed by atoms with Crippen LogP contribution in [0.25, 0.3) is 0 Å². The molecular weight excluding hydrogens is 218 g/mol. The Labute approximate surface area is 102 Å². The summed E-state index contributed by atoms with van der Waals surface area (Å²) < 4.78 is 1.67. The molecule has 0 radical (unpaired) electrons. The van der Waals surface area contributed by atoms with Gasteiger partial charge in [0.05, 0.1) is 6.04 Å². The number of hydrogen-bond acceptors (Lipinski definition) is 4. The summed E-state index contributed by atoms with van der Waals surface area (Å²) in [5.74, 6) is 0.835. The molecule has 1 aromatic rings. The molecule has 1 aromatic heterocycles. The lowest BCUT2D eigenvalue weighted by atomic mass is 10.3. The lowest BCUT2D eigenvalue weighted by Gasteiger charge is -2.12. The van der Waals surface area contributed by atoms with Gasteiger partial charge in [-0.2, -0.15) is 5.10 Å². The average molecular weight is 239 g/mol. The van der Waals surface area contributed by atoms with Crippen LogP contribution in [0.4, 0.5) is 0 Å². The number of carbonyl (C=O) groups excluding carboxylic acids is 1. The SMILES string of the molecule is CCCNC(=O)C(C)NCCc1ncn(C)n1. The molecule has 0 saturated heterocycles. The molecule has 1 unspecified atom stereocenters. The Morgan fingerprint density at radius 2 is 2.29 bits per heavy atom. The van der Waals surface area contributed by atoms with E-state index in [1.165, 1.54) is 0 Å². The van der Waals surface area contributed by atoms with Crippen molar-refractivity contribution in [1.82, 2.24) is 25.4 Å². The number of nitrogens with one attached hydrogen (secondary N) is 2. The van der Waals surface area contributed by atoms with Crippen molar-refractivity contribution >= 4 is 5.91 Å². The Balaban J connectivity index is 2.19. The normalized spacial score (nSPS) is 12.4. The van der Waals surface area contributed by atoms with E-state index in [0.29, 0.717) is 6.54 Å². The predicted molar refractivity (Wildman–Crippen MR) is 65.5 cm³/mol. The molecule has 2 N–H and O–H groups in total. The number of aryl methyl sites for hydroxylation is 1. The molecule has 1 rings (SSSR count). The van der Waals surface area contributed by atoms with Crippen LogP contribution in [0.3, 0.4) is 0 Å². The Morgan fingerprint density at radius 3 is 2.88 bits per heavy atom. The van der Waals surface area contributed by atoms with Gasteiger partial charge in [-0.25, -0.2) is 4.98 Å². The van der Waals surface area contributed by atoms with E-state index < -0.39 is 0 Å². The van der Waals surface area contributed by atoms with Crippen molar-refractivity contribution in [2.24, 2.45) is 7.05 Å². The van der Waals surface area contributed by atoms with Gasteiger partial charge in [-0.05, 0) is 13.3 Å². The van der Waals surface area contributed by atoms with Crippen molar-refractivity contribution in [2.45, 2.75) is 32.7 Å². The lowest BCUT2D eigenvalue weighted by Crippen LogP contribution is -2.43. The maximum atomic E-state index is 11.5. The first-order chi connectivity index (χ1) is 8.13. The van der Waals surface area contributed by atoms with Gasteiger partial charge >= 0.3 is 0 Å². The first-order valence-electron chi connectivity index (χ1n) is 5.99. The first kappa shape index (κ1) is 13.6. The van der Waals surface area contributed by atoms with Gasteiger partial charge in [0.15, 0.2) is 5.82 Å². The molecule has 0 saturated carbocycles. The number of aromatic nitrogens is 3. The molecule has 0 aromatic carbocycles. The van der Waals surface area contributed by atoms with Crippen molar-refractivity contribution in [1.29, 1.82) is 0 Å². The van der Waals surface area contributed by atoms with E-state index in [1.54, 1.807) is 11.0 Å². The van der Waals surface area contributed by atoms with Gasteiger partial charge in [0.1, 0.15) is 6.33 Å². The molecule has 0 aliphatic heterocycles. The quantitative estimate of drug-likeness (QED) is 0.695. The highest BCUT2D eigenvalue weighted by atomic mass is 16.2. The molecule has 0 aliphatic rings. The number of carbonyl (C=O) groups is 1. The fourth-order valence-electron chi connectivity index (χ4n) is 1.39. The Kier molecular flexibility index (Phi) is 5.62. The summed E-state index contributed by atoms with van der Waals surface area (Å²) in [5.41, 5.74) is 0. The van der Waals surface area contributed by atoms with E-state index in [-0.39, 0.29) is 11.9 Å². The minimum atomic E-state index is -0.176. The molecule has 1 amide bonds. The fraction of sp³-hybridized carbons (Fsp3) is 0.727. The molecule has 0 bridgehead atoms. The molecule has 0 fully saturated rings. The highest BCUT2D eigenvalue weighted by molar-refractivity contribution is 5.81. The largest absolute Gasteiger partial charge is 0.355 e. The van der Waals surface area contributed by atoms with E-state index in [4.69, 9.17) is 0 Å². The number of rotatable bonds is 7. The van der Waals surface area contributed by atoms with Gasteiger partial charge in [0.2, 0.25) is 5.91 Å². The molecule has 1 heterocycles. The maximum Gasteiger partial charge on any atom is 0.236 e. The molecule has 6 nitrogen and oxygen atoms in total. The summed E-state index contributed by atoms with van der Waals surface area (Å²) in [6.07, 6.45) is 3.36. The van der Waals surface area contributed by atoms with Crippen LogP contribution < -0.4 is 10.6 Å². The smallest absolute Gasteiger partial charge is 0.236 e. The molecular formula is C11H21N5O. The molecule has 17 heavy (non-hydrogen) atoms. The van der Waals surface area contributed by atoms with Crippen LogP contribution >= 0.6 is 0 Å². The van der Waals surface area contributed by atoms with Crippen LogP contribution in [0.5, 0.6) is 0 Å². The zero-order valence-corrected chi connectivity index (χ0v) is 10.7. The number of amides is 1. The van der Waals surface area contributed by atoms with Crippen LogP contribution in [-0.4, -0.2) is 39.8 Å². The van der Waals surface area contributed by atoms with Crippen LogP contribution in [-0.2, 0) is 18.3 Å². The van der Waals surface area contributed by atoms with Gasteiger partial charge in [0, 0.05) is 26.6 Å². The second kappa shape index (κ2) is 7.01. The maximum absolute atomic E-state index is 11.5. The molecule has 96 valence electrons. The Bertz CT molecular complexity index is 349. The van der Waals surface area contributed by atoms with Crippen molar-refractivity contribution in [3.63, 3.8) is 0 Å². The van der Waals surface area contributed by atoms with E-state index in [0.717, 1.165) is 25.2 Å². The van der Waals surface area contributed by atoms with Gasteiger partial charge in [-0.15, -0.1) is 0 Å². The summed E-state index contributed by atoms with van der Waals surface area (Å²) in [6, 6.07) is -0.176. The van der Waals surface area contributed by atoms with Gasteiger partial charge in [-0.3, -0.25) is 9.48 Å². The van der Waals surface area contributed by atoms with Crippen molar-refractivity contribution < 1.29 is 4.79 Å². The molecule has 0 spiro atoms. The first-order valence-corrected chi connectivity index (χ1v) is 5.99. The Hall–Kier alpha value is -1.43. The van der Waals surface area contributed by atoms with Crippen LogP contribution in [0.2, 0.25) is 0 Å². The second-order valence-electron chi connectivity index (χ2n) is 4.05. The minimum Gasteiger partial charge on any atom is -0.355 e. The van der Waals surface area contributed by atoms with Crippen molar-refractivity contribution in [2.75, 3.05) is 13.1 Å². The van der Waals surface area contributed by atoms with Crippen LogP contribution in [0.1, 0.15) is 26.1 Å². The average Bonchev–Trinajstić information content (AvgIpc) is 2.71. The van der Waals surface area contributed by atoms with Gasteiger partial charge in [-0.1, -0.05) is 6.92 Å². The summed E-state index contributed by atoms with van der Waals surface area (Å²) in [5, 5.41) is 10.2. The third-order valence-electron chi connectivity index (χ3n) is 2.39. The number of nitrogens with zero attached hydrogens (tertiary/aromatic N) is 3. The monoisotopic (exact) mass is 239 g/mol. The zero-order valence-electron chi connectivity index (χ0n) is 10.7. The third kappa shape index (κ3) is 4.95. The standard InChI is InChI=1S/C11H21N5O/c1-4-6-13-11(17)9(2)12-7-5-10-14-8-16(3)15-10/h8-9,12H,4-7H2,1-3H3,(H,13,17). The number of hydrogen-bond donors (Lipinski definition) is 2. The molecule has 0 aliphatic carbocycles. The van der Waals surface area contributed by atoms with Gasteiger partial charge < -0.3 is 10.6 Å². The summed E-state index contributed by atoms with van der Waals surface area (Å²) >= 11 is 0. The topological polar surface area (TPSA) is 71.8 Å². The molecule has 6 heteroatoms. The fourth-order valence-corrected chi connectivity index (χ4v) is 1.39. The zero-order chi connectivity index (χ0) is 12.7. The second-order valence-corrected chi connectivity index (χ2v) is 4.05. The van der Waals surface area contributed by atoms with Gasteiger partial charge in [0.25, 0.3) is 0 Å². The molecule has 1 atom stereocenters. The minimum absolute atomic E-state index is 0.0424. The summed E-state index contributed by atoms with van der Waals surface area (Å²) in [7, 11) is 1.84.